The number of hydrazine groups is 1. The second-order valence-corrected chi connectivity index (χ2v) is 5.24. The predicted octanol–water partition coefficient (Wildman–Crippen LogP) is 1.14. The zero-order valence-electron chi connectivity index (χ0n) is 11.8. The third-order valence-corrected chi connectivity index (χ3v) is 2.55. The Hall–Kier alpha value is -1.40. The first-order valence-corrected chi connectivity index (χ1v) is 5.94. The molecule has 0 aliphatic heterocycles. The molecule has 0 saturated heterocycles. The third-order valence-electron chi connectivity index (χ3n) is 2.55. The van der Waals surface area contributed by atoms with Crippen LogP contribution in [0.15, 0.2) is 6.07 Å². The molecule has 0 saturated carbocycles. The number of rotatable bonds is 5. The molecule has 6 nitrogen and oxygen atoms in total. The van der Waals surface area contributed by atoms with Gasteiger partial charge in [-0.05, 0) is 0 Å². The number of nitrogens with zero attached hydrogens (tertiary/aromatic N) is 3. The lowest BCUT2D eigenvalue weighted by molar-refractivity contribution is 0.206. The zero-order valence-corrected chi connectivity index (χ0v) is 11.8. The van der Waals surface area contributed by atoms with Crippen molar-refractivity contribution >= 4 is 11.6 Å². The fourth-order valence-corrected chi connectivity index (χ4v) is 1.38. The molecule has 0 aliphatic rings. The average molecular weight is 253 g/mol. The topological polar surface area (TPSA) is 76.3 Å². The van der Waals surface area contributed by atoms with Gasteiger partial charge >= 0.3 is 0 Å². The Morgan fingerprint density at radius 2 is 2.06 bits per heavy atom. The van der Waals surface area contributed by atoms with E-state index < -0.39 is 0 Å². The number of nitrogen functional groups attached to an aromatic ring is 1. The molecule has 0 atom stereocenters. The lowest BCUT2D eigenvalue weighted by Gasteiger charge is -2.22. The molecule has 0 fully saturated rings. The molecule has 102 valence electrons. The molecule has 3 N–H and O–H groups in total. The smallest absolute Gasteiger partial charge is 0.145 e. The molecule has 0 radical (unpaired) electrons. The van der Waals surface area contributed by atoms with Crippen LogP contribution in [0.1, 0.15) is 26.6 Å². The number of anilines is 2. The van der Waals surface area contributed by atoms with Crippen LogP contribution in [-0.4, -0.2) is 37.3 Å². The minimum absolute atomic E-state index is 0.121. The summed E-state index contributed by atoms with van der Waals surface area (Å²) in [6, 6.07) is 1.82. The van der Waals surface area contributed by atoms with Gasteiger partial charge in [-0.2, -0.15) is 0 Å². The van der Waals surface area contributed by atoms with Gasteiger partial charge in [-0.25, -0.2) is 15.8 Å². The molecule has 1 aromatic heterocycles. The van der Waals surface area contributed by atoms with Crippen molar-refractivity contribution in [2.24, 2.45) is 5.84 Å². The van der Waals surface area contributed by atoms with Crippen molar-refractivity contribution < 1.29 is 4.74 Å². The van der Waals surface area contributed by atoms with E-state index in [-0.39, 0.29) is 5.41 Å². The SMILES string of the molecule is COCCN(C)c1cc(NN)nc(C(C)(C)C)n1. The predicted molar refractivity (Wildman–Crippen MR) is 73.7 cm³/mol. The first kappa shape index (κ1) is 14.7. The number of aromatic nitrogens is 2. The van der Waals surface area contributed by atoms with Crippen molar-refractivity contribution in [1.29, 1.82) is 0 Å². The standard InChI is InChI=1S/C12H23N5O/c1-12(2,3)11-14-9(16-13)8-10(15-11)17(4)6-7-18-5/h8H,6-7,13H2,1-5H3,(H,14,15,16). The van der Waals surface area contributed by atoms with Crippen LogP contribution in [0.4, 0.5) is 11.6 Å². The second kappa shape index (κ2) is 5.97. The van der Waals surface area contributed by atoms with E-state index in [1.54, 1.807) is 7.11 Å². The summed E-state index contributed by atoms with van der Waals surface area (Å²) in [5, 5.41) is 0. The van der Waals surface area contributed by atoms with Crippen LogP contribution < -0.4 is 16.2 Å². The number of hydrogen-bond donors (Lipinski definition) is 2. The van der Waals surface area contributed by atoms with E-state index in [9.17, 15) is 0 Å². The summed E-state index contributed by atoms with van der Waals surface area (Å²) in [5.41, 5.74) is 2.46. The van der Waals surface area contributed by atoms with Crippen molar-refractivity contribution in [3.63, 3.8) is 0 Å². The molecule has 0 amide bonds. The van der Waals surface area contributed by atoms with E-state index in [0.29, 0.717) is 12.4 Å². The monoisotopic (exact) mass is 253 g/mol. The van der Waals surface area contributed by atoms with Crippen molar-refractivity contribution in [2.45, 2.75) is 26.2 Å². The average Bonchev–Trinajstić information content (AvgIpc) is 2.34. The van der Waals surface area contributed by atoms with Crippen molar-refractivity contribution in [3.05, 3.63) is 11.9 Å². The van der Waals surface area contributed by atoms with E-state index in [1.165, 1.54) is 0 Å². The van der Waals surface area contributed by atoms with Gasteiger partial charge in [0.05, 0.1) is 6.61 Å². The Balaban J connectivity index is 3.04. The van der Waals surface area contributed by atoms with E-state index in [4.69, 9.17) is 10.6 Å². The van der Waals surface area contributed by atoms with Gasteiger partial charge in [-0.3, -0.25) is 0 Å². The highest BCUT2D eigenvalue weighted by atomic mass is 16.5. The lowest BCUT2D eigenvalue weighted by Crippen LogP contribution is -2.26. The Morgan fingerprint density at radius 1 is 1.39 bits per heavy atom. The maximum absolute atomic E-state index is 5.45. The number of likely N-dealkylation sites (N-methyl/N-ethyl adjacent to an activating group) is 1. The van der Waals surface area contributed by atoms with Crippen LogP contribution in [0.25, 0.3) is 0 Å². The highest BCUT2D eigenvalue weighted by Crippen LogP contribution is 2.23. The molecule has 0 aliphatic carbocycles. The summed E-state index contributed by atoms with van der Waals surface area (Å²) in [6.45, 7) is 7.63. The highest BCUT2D eigenvalue weighted by molar-refractivity contribution is 5.48. The van der Waals surface area contributed by atoms with Gasteiger partial charge < -0.3 is 15.1 Å². The first-order valence-electron chi connectivity index (χ1n) is 5.94. The summed E-state index contributed by atoms with van der Waals surface area (Å²) in [7, 11) is 3.65. The summed E-state index contributed by atoms with van der Waals surface area (Å²) in [5.74, 6) is 7.66. The van der Waals surface area contributed by atoms with Crippen LogP contribution in [0, 0.1) is 0 Å². The van der Waals surface area contributed by atoms with E-state index in [0.717, 1.165) is 18.2 Å². The van der Waals surface area contributed by atoms with Gasteiger partial charge in [0.1, 0.15) is 17.5 Å². The first-order chi connectivity index (χ1) is 8.38. The minimum Gasteiger partial charge on any atom is -0.383 e. The molecule has 1 rings (SSSR count). The summed E-state index contributed by atoms with van der Waals surface area (Å²) in [6.07, 6.45) is 0. The van der Waals surface area contributed by atoms with E-state index in [2.05, 4.69) is 36.2 Å². The molecule has 0 spiro atoms. The Kier molecular flexibility index (Phi) is 4.86. The molecule has 1 aromatic rings. The molecule has 18 heavy (non-hydrogen) atoms. The van der Waals surface area contributed by atoms with Crippen LogP contribution >= 0.6 is 0 Å². The highest BCUT2D eigenvalue weighted by Gasteiger charge is 2.19. The lowest BCUT2D eigenvalue weighted by atomic mass is 9.96. The molecule has 0 bridgehead atoms. The molecular formula is C12H23N5O. The van der Waals surface area contributed by atoms with Crippen LogP contribution in [0.3, 0.4) is 0 Å². The molecule has 6 heteroatoms. The number of ether oxygens (including phenoxy) is 1. The van der Waals surface area contributed by atoms with Crippen molar-refractivity contribution in [3.8, 4) is 0 Å². The van der Waals surface area contributed by atoms with E-state index >= 15 is 0 Å². The van der Waals surface area contributed by atoms with Crippen molar-refractivity contribution in [2.75, 3.05) is 37.6 Å². The number of methoxy groups -OCH3 is 1. The largest absolute Gasteiger partial charge is 0.383 e. The fourth-order valence-electron chi connectivity index (χ4n) is 1.38. The van der Waals surface area contributed by atoms with E-state index in [1.807, 2.05) is 18.0 Å². The van der Waals surface area contributed by atoms with Gasteiger partial charge in [0.2, 0.25) is 0 Å². The number of nitrogens with two attached hydrogens (primary N) is 1. The fraction of sp³-hybridized carbons (Fsp3) is 0.667. The second-order valence-electron chi connectivity index (χ2n) is 5.24. The zero-order chi connectivity index (χ0) is 13.8. The minimum atomic E-state index is -0.121. The summed E-state index contributed by atoms with van der Waals surface area (Å²) in [4.78, 5) is 11.0. The Bertz CT molecular complexity index is 389. The van der Waals surface area contributed by atoms with Crippen LogP contribution in [0.2, 0.25) is 0 Å². The van der Waals surface area contributed by atoms with Gasteiger partial charge in [0, 0.05) is 32.2 Å². The van der Waals surface area contributed by atoms with Gasteiger partial charge in [-0.15, -0.1) is 0 Å². The molecule has 0 aromatic carbocycles. The Morgan fingerprint density at radius 3 is 2.56 bits per heavy atom. The maximum atomic E-state index is 5.45. The third kappa shape index (κ3) is 3.82. The summed E-state index contributed by atoms with van der Waals surface area (Å²) < 4.78 is 5.06. The Labute approximate surface area is 109 Å². The van der Waals surface area contributed by atoms with Crippen LogP contribution in [0.5, 0.6) is 0 Å². The number of hydrogen-bond acceptors (Lipinski definition) is 6. The maximum Gasteiger partial charge on any atom is 0.145 e. The van der Waals surface area contributed by atoms with Gasteiger partial charge in [0.25, 0.3) is 0 Å². The quantitative estimate of drug-likeness (QED) is 0.605. The molecule has 0 unspecified atom stereocenters. The van der Waals surface area contributed by atoms with Gasteiger partial charge in [0.15, 0.2) is 0 Å². The molecule has 1 heterocycles. The van der Waals surface area contributed by atoms with Crippen molar-refractivity contribution in [1.82, 2.24) is 9.97 Å². The molecular weight excluding hydrogens is 230 g/mol. The summed E-state index contributed by atoms with van der Waals surface area (Å²) >= 11 is 0. The van der Waals surface area contributed by atoms with Crippen LogP contribution in [-0.2, 0) is 10.2 Å². The van der Waals surface area contributed by atoms with Gasteiger partial charge in [-0.1, -0.05) is 20.8 Å². The number of nitrogens with one attached hydrogen (secondary N) is 1. The normalized spacial score (nSPS) is 11.4.